The fourth-order valence-corrected chi connectivity index (χ4v) is 4.63. The van der Waals surface area contributed by atoms with Gasteiger partial charge in [-0.05, 0) is 67.5 Å². The molecule has 0 heterocycles. The molecule has 8 heteroatoms. The number of halogens is 4. The van der Waals surface area contributed by atoms with E-state index in [0.29, 0.717) is 24.2 Å². The zero-order valence-corrected chi connectivity index (χ0v) is 19.4. The Morgan fingerprint density at radius 2 is 1.21 bits per heavy atom. The Kier molecular flexibility index (Phi) is 9.31. The Morgan fingerprint density at radius 1 is 0.793 bits per heavy atom. The van der Waals surface area contributed by atoms with E-state index in [1.807, 2.05) is 11.8 Å². The minimum absolute atomic E-state index is 0.505. The molecule has 0 atom stereocenters. The van der Waals surface area contributed by atoms with Crippen LogP contribution in [0.25, 0.3) is 0 Å². The summed E-state index contributed by atoms with van der Waals surface area (Å²) in [4.78, 5) is 5.34. The molecule has 29 heavy (non-hydrogen) atoms. The summed E-state index contributed by atoms with van der Waals surface area (Å²) in [6, 6.07) is 12.8. The molecule has 0 aliphatic heterocycles. The lowest BCUT2D eigenvalue weighted by Crippen LogP contribution is -2.41. The highest BCUT2D eigenvalue weighted by Gasteiger charge is 2.38. The molecule has 0 bridgehead atoms. The molecule has 0 aromatic heterocycles. The minimum atomic E-state index is -6.00. The lowest BCUT2D eigenvalue weighted by atomic mass is 10.2. The third-order valence-corrected chi connectivity index (χ3v) is 5.40. The second kappa shape index (κ2) is 10.6. The van der Waals surface area contributed by atoms with Crippen molar-refractivity contribution < 1.29 is 17.3 Å². The van der Waals surface area contributed by atoms with Crippen molar-refractivity contribution in [3.8, 4) is 0 Å². The molecule has 2 aromatic carbocycles. The quantitative estimate of drug-likeness (QED) is 0.291. The van der Waals surface area contributed by atoms with E-state index in [1.54, 1.807) is 0 Å². The predicted molar refractivity (Wildman–Crippen MR) is 118 cm³/mol. The maximum Gasteiger partial charge on any atom is 0.673 e. The lowest BCUT2D eigenvalue weighted by Gasteiger charge is -2.29. The van der Waals surface area contributed by atoms with Crippen LogP contribution >= 0.6 is 11.8 Å². The van der Waals surface area contributed by atoms with Crippen molar-refractivity contribution in [3.63, 3.8) is 0 Å². The second-order valence-electron chi connectivity index (χ2n) is 8.13. The van der Waals surface area contributed by atoms with Crippen LogP contribution in [0.4, 0.5) is 23.0 Å². The summed E-state index contributed by atoms with van der Waals surface area (Å²) >= 11 is 1.91. The van der Waals surface area contributed by atoms with Crippen LogP contribution in [-0.4, -0.2) is 31.4 Å². The van der Waals surface area contributed by atoms with Crippen LogP contribution in [0.2, 0.25) is 0 Å². The zero-order valence-electron chi connectivity index (χ0n) is 18.6. The summed E-state index contributed by atoms with van der Waals surface area (Å²) in [5.74, 6) is 0. The summed E-state index contributed by atoms with van der Waals surface area (Å²) in [5.41, 5.74) is 1.45. The monoisotopic (exact) mass is 432 g/mol. The molecule has 0 N–H and O–H groups in total. The highest BCUT2D eigenvalue weighted by molar-refractivity contribution is 7.99. The fraction of sp³-hybridized carbons (Fsp3) is 0.571. The number of benzene rings is 1. The molecule has 2 nitrogen and oxygen atoms in total. The van der Waals surface area contributed by atoms with Gasteiger partial charge < -0.3 is 22.2 Å². The zero-order chi connectivity index (χ0) is 22.5. The van der Waals surface area contributed by atoms with Crippen LogP contribution < -0.4 is 14.8 Å². The summed E-state index contributed by atoms with van der Waals surface area (Å²) in [6.45, 7) is 18.4. The summed E-state index contributed by atoms with van der Waals surface area (Å²) in [6.07, 6.45) is 0. The number of hydrogen-bond acceptors (Lipinski definition) is 2. The SMILES string of the molecule is CC(C)N(c1c(Sc2ccccc2)c1=[N+](C(C)C)C(C)C)C(C)C.F[B-](F)(F)F. The van der Waals surface area contributed by atoms with E-state index in [4.69, 9.17) is 0 Å². The Labute approximate surface area is 176 Å². The van der Waals surface area contributed by atoms with Crippen LogP contribution in [0.15, 0.2) is 40.1 Å². The van der Waals surface area contributed by atoms with Crippen LogP contribution in [-0.2, 0) is 0 Å². The molecule has 0 aliphatic carbocycles. The predicted octanol–water partition coefficient (Wildman–Crippen LogP) is 6.23. The third-order valence-electron chi connectivity index (χ3n) is 4.30. The smallest absolute Gasteiger partial charge is 0.418 e. The van der Waals surface area contributed by atoms with E-state index < -0.39 is 7.25 Å². The maximum atomic E-state index is 9.75. The van der Waals surface area contributed by atoms with Crippen LogP contribution in [0.1, 0.15) is 55.4 Å². The standard InChI is InChI=1S/C21H33N2S.BF4/c1-14(2)22(15(3)4)19-20(23(16(5)6)17(7)8)21(19)24-18-12-10-9-11-13-18;2-1(3,4)5/h9-17H,1-8H3;/q+1;-1. The molecule has 2 rings (SSSR count). The Bertz CT molecular complexity index is 752. The number of anilines is 1. The highest BCUT2D eigenvalue weighted by atomic mass is 32.2. The van der Waals surface area contributed by atoms with Gasteiger partial charge in [-0.2, -0.15) is 0 Å². The van der Waals surface area contributed by atoms with Crippen LogP contribution in [0.5, 0.6) is 0 Å². The van der Waals surface area contributed by atoms with Crippen molar-refractivity contribution in [2.24, 2.45) is 0 Å². The van der Waals surface area contributed by atoms with Crippen LogP contribution in [0, 0.1) is 0 Å². The first-order valence-corrected chi connectivity index (χ1v) is 10.9. The van der Waals surface area contributed by atoms with E-state index in [-0.39, 0.29) is 0 Å². The van der Waals surface area contributed by atoms with Gasteiger partial charge in [-0.1, -0.05) is 30.0 Å². The average molecular weight is 432 g/mol. The molecule has 0 saturated heterocycles. The first-order chi connectivity index (χ1) is 13.3. The Balaban J connectivity index is 0.000000749. The van der Waals surface area contributed by atoms with Gasteiger partial charge in [0.15, 0.2) is 0 Å². The Morgan fingerprint density at radius 3 is 1.55 bits per heavy atom. The van der Waals surface area contributed by atoms with Gasteiger partial charge in [0.1, 0.15) is 22.7 Å². The van der Waals surface area contributed by atoms with Gasteiger partial charge in [-0.25, -0.2) is 4.58 Å². The largest absolute Gasteiger partial charge is 0.673 e. The van der Waals surface area contributed by atoms with Gasteiger partial charge in [0, 0.05) is 17.0 Å². The molecular formula is C21H33BF4N2S. The highest BCUT2D eigenvalue weighted by Crippen LogP contribution is 2.39. The fourth-order valence-electron chi connectivity index (χ4n) is 3.56. The van der Waals surface area contributed by atoms with E-state index >= 15 is 0 Å². The van der Waals surface area contributed by atoms with Crippen molar-refractivity contribution >= 4 is 24.7 Å². The topological polar surface area (TPSA) is 6.25 Å². The van der Waals surface area contributed by atoms with E-state index in [1.165, 1.54) is 20.8 Å². The van der Waals surface area contributed by atoms with E-state index in [9.17, 15) is 17.3 Å². The summed E-state index contributed by atoms with van der Waals surface area (Å²) in [7, 11) is -6.00. The van der Waals surface area contributed by atoms with Gasteiger partial charge in [-0.15, -0.1) is 0 Å². The van der Waals surface area contributed by atoms with E-state index in [0.717, 1.165) is 0 Å². The van der Waals surface area contributed by atoms with Crippen molar-refractivity contribution in [2.45, 2.75) is 89.3 Å². The second-order valence-corrected chi connectivity index (χ2v) is 9.21. The number of nitrogens with zero attached hydrogens (tertiary/aromatic N) is 2. The minimum Gasteiger partial charge on any atom is -0.418 e. The molecule has 0 radical (unpaired) electrons. The molecule has 0 amide bonds. The van der Waals surface area contributed by atoms with Gasteiger partial charge >= 0.3 is 7.25 Å². The number of hydrogen-bond donors (Lipinski definition) is 0. The first-order valence-electron chi connectivity index (χ1n) is 10.0. The normalized spacial score (nSPS) is 12.1. The molecular weight excluding hydrogens is 399 g/mol. The van der Waals surface area contributed by atoms with Crippen molar-refractivity contribution in [1.82, 2.24) is 4.58 Å². The van der Waals surface area contributed by atoms with Gasteiger partial charge in [0.05, 0.1) is 0 Å². The summed E-state index contributed by atoms with van der Waals surface area (Å²) < 4.78 is 41.6. The molecule has 164 valence electrons. The van der Waals surface area contributed by atoms with Gasteiger partial charge in [0.25, 0.3) is 0 Å². The molecule has 0 spiro atoms. The summed E-state index contributed by atoms with van der Waals surface area (Å²) in [5, 5.41) is 1.45. The average Bonchev–Trinajstić information content (AvgIpc) is 3.17. The Hall–Kier alpha value is -1.44. The van der Waals surface area contributed by atoms with Gasteiger partial charge in [0.2, 0.25) is 5.36 Å². The molecule has 0 aliphatic rings. The molecule has 0 saturated carbocycles. The maximum absolute atomic E-state index is 9.75. The van der Waals surface area contributed by atoms with E-state index in [2.05, 4.69) is 95.2 Å². The lowest BCUT2D eigenvalue weighted by molar-refractivity contribution is 0.368. The van der Waals surface area contributed by atoms with Crippen LogP contribution in [0.3, 0.4) is 0 Å². The molecule has 0 unspecified atom stereocenters. The first kappa shape index (κ1) is 25.6. The third kappa shape index (κ3) is 8.07. The van der Waals surface area contributed by atoms with Crippen molar-refractivity contribution in [1.29, 1.82) is 0 Å². The molecule has 0 fully saturated rings. The van der Waals surface area contributed by atoms with Crippen molar-refractivity contribution in [3.05, 3.63) is 35.7 Å². The number of rotatable bonds is 7. The van der Waals surface area contributed by atoms with Crippen molar-refractivity contribution in [2.75, 3.05) is 4.90 Å². The van der Waals surface area contributed by atoms with Gasteiger partial charge in [-0.3, -0.25) is 0 Å². The molecule has 2 aromatic rings.